The van der Waals surface area contributed by atoms with E-state index in [-0.39, 0.29) is 0 Å². The number of nitrogen functional groups attached to an aromatic ring is 1. The topological polar surface area (TPSA) is 67.5 Å². The van der Waals surface area contributed by atoms with Crippen LogP contribution in [0.3, 0.4) is 0 Å². The van der Waals surface area contributed by atoms with Gasteiger partial charge in [-0.3, -0.25) is 0 Å². The summed E-state index contributed by atoms with van der Waals surface area (Å²) in [6, 6.07) is 8.71. The number of anilines is 2. The molecule has 0 aliphatic heterocycles. The zero-order valence-corrected chi connectivity index (χ0v) is 20.4. The van der Waals surface area contributed by atoms with Gasteiger partial charge < -0.3 is 20.9 Å². The molecular formula is C28H44N2O2. The molecule has 0 bridgehead atoms. The van der Waals surface area contributed by atoms with Crippen LogP contribution in [0.4, 0.5) is 11.4 Å². The molecule has 0 amide bonds. The van der Waals surface area contributed by atoms with E-state index >= 15 is 0 Å². The fourth-order valence-corrected chi connectivity index (χ4v) is 9.17. The van der Waals surface area contributed by atoms with E-state index in [1.807, 2.05) is 12.1 Å². The molecular weight excluding hydrogens is 396 g/mol. The Balaban J connectivity index is 1.27. The fourth-order valence-electron chi connectivity index (χ4n) is 9.17. The molecule has 4 heteroatoms. The number of hydrogen-bond donors (Lipinski definition) is 3. The summed E-state index contributed by atoms with van der Waals surface area (Å²) < 4.78 is 5.36. The van der Waals surface area contributed by atoms with Crippen molar-refractivity contribution in [2.45, 2.75) is 83.3 Å². The molecule has 1 aromatic rings. The maximum absolute atomic E-state index is 11.0. The molecule has 4 nitrogen and oxygen atoms in total. The molecule has 1 aromatic carbocycles. The van der Waals surface area contributed by atoms with E-state index in [4.69, 9.17) is 10.5 Å². The number of aliphatic hydroxyl groups is 1. The summed E-state index contributed by atoms with van der Waals surface area (Å²) in [5, 5.41) is 14.8. The van der Waals surface area contributed by atoms with E-state index < -0.39 is 5.60 Å². The molecule has 4 fully saturated rings. The van der Waals surface area contributed by atoms with Crippen LogP contribution in [-0.4, -0.2) is 30.5 Å². The highest BCUT2D eigenvalue weighted by Crippen LogP contribution is 2.65. The van der Waals surface area contributed by atoms with Gasteiger partial charge in [0.25, 0.3) is 0 Å². The third-order valence-electron chi connectivity index (χ3n) is 10.5. The largest absolute Gasteiger partial charge is 0.399 e. The lowest BCUT2D eigenvalue weighted by molar-refractivity contribution is -0.124. The van der Waals surface area contributed by atoms with E-state index in [0.717, 1.165) is 48.1 Å². The van der Waals surface area contributed by atoms with Crippen molar-refractivity contribution >= 4 is 11.4 Å². The van der Waals surface area contributed by atoms with Gasteiger partial charge in [0.15, 0.2) is 0 Å². The van der Waals surface area contributed by atoms with E-state index in [9.17, 15) is 5.11 Å². The lowest BCUT2D eigenvalue weighted by Gasteiger charge is -2.57. The molecule has 0 spiro atoms. The van der Waals surface area contributed by atoms with E-state index in [1.54, 1.807) is 7.11 Å². The van der Waals surface area contributed by atoms with Gasteiger partial charge in [-0.2, -0.15) is 0 Å². The van der Waals surface area contributed by atoms with Crippen molar-refractivity contribution in [1.29, 1.82) is 0 Å². The van der Waals surface area contributed by atoms with Crippen LogP contribution in [0.2, 0.25) is 0 Å². The second-order valence-electron chi connectivity index (χ2n) is 12.1. The lowest BCUT2D eigenvalue weighted by atomic mass is 9.48. The third-order valence-corrected chi connectivity index (χ3v) is 10.5. The highest BCUT2D eigenvalue weighted by atomic mass is 16.5. The first-order valence-corrected chi connectivity index (χ1v) is 13.2. The van der Waals surface area contributed by atoms with Crippen LogP contribution in [0.25, 0.3) is 0 Å². The van der Waals surface area contributed by atoms with Crippen molar-refractivity contribution < 1.29 is 9.84 Å². The van der Waals surface area contributed by atoms with Crippen molar-refractivity contribution in [3.05, 3.63) is 24.3 Å². The summed E-state index contributed by atoms with van der Waals surface area (Å²) in [6.45, 7) is 5.53. The predicted molar refractivity (Wildman–Crippen MR) is 131 cm³/mol. The van der Waals surface area contributed by atoms with Gasteiger partial charge in [0.2, 0.25) is 0 Å². The SMILES string of the molecule is COC[C@@]1(O)CC[C@H]2[C@H](CC[C@@H]3[C@@H]2CC[C@]2(C)[C@@H]([C@@H](C)Nc4ccc(N)cc4)CC[C@@H]32)C1. The maximum Gasteiger partial charge on any atom is 0.0882 e. The maximum atomic E-state index is 11.0. The van der Waals surface area contributed by atoms with Gasteiger partial charge >= 0.3 is 0 Å². The highest BCUT2D eigenvalue weighted by Gasteiger charge is 2.58. The summed E-state index contributed by atoms with van der Waals surface area (Å²) in [4.78, 5) is 0. The van der Waals surface area contributed by atoms with Gasteiger partial charge in [-0.05, 0) is 130 Å². The number of hydrogen-bond acceptors (Lipinski definition) is 4. The van der Waals surface area contributed by atoms with Crippen LogP contribution in [0, 0.1) is 40.9 Å². The van der Waals surface area contributed by atoms with Gasteiger partial charge in [-0.1, -0.05) is 6.92 Å². The highest BCUT2D eigenvalue weighted by molar-refractivity contribution is 5.51. The zero-order chi connectivity index (χ0) is 22.5. The molecule has 32 heavy (non-hydrogen) atoms. The molecule has 4 aliphatic rings. The second-order valence-corrected chi connectivity index (χ2v) is 12.1. The summed E-state index contributed by atoms with van der Waals surface area (Å²) in [7, 11) is 1.72. The van der Waals surface area contributed by atoms with Crippen molar-refractivity contribution in [2.75, 3.05) is 24.8 Å². The molecule has 0 radical (unpaired) electrons. The first-order chi connectivity index (χ1) is 15.3. The minimum Gasteiger partial charge on any atom is -0.399 e. The number of nitrogens with two attached hydrogens (primary N) is 1. The molecule has 5 rings (SSSR count). The van der Waals surface area contributed by atoms with Gasteiger partial charge in [-0.15, -0.1) is 0 Å². The smallest absolute Gasteiger partial charge is 0.0882 e. The number of rotatable bonds is 5. The Kier molecular flexibility index (Phi) is 5.99. The van der Waals surface area contributed by atoms with Crippen molar-refractivity contribution in [3.63, 3.8) is 0 Å². The first kappa shape index (κ1) is 22.5. The van der Waals surface area contributed by atoms with Crippen LogP contribution in [-0.2, 0) is 4.74 Å². The minimum atomic E-state index is -0.576. The molecule has 9 atom stereocenters. The molecule has 4 saturated carbocycles. The quantitative estimate of drug-likeness (QED) is 0.513. The Morgan fingerprint density at radius 3 is 2.53 bits per heavy atom. The standard InChI is InChI=1S/C28H44N2O2/c1-18(30-21-7-5-20(29)6-8-21)25-10-11-26-24-9-4-19-16-28(31,17-32-3)15-13-22(19)23(24)12-14-27(25,26)2/h5-8,18-19,22-26,30-31H,4,9-17,29H2,1-3H3/t18-,19-,22+,23-,24-,25-,26+,27-,28-/m1/s1. The summed E-state index contributed by atoms with van der Waals surface area (Å²) in [5.74, 6) is 4.94. The molecule has 0 heterocycles. The van der Waals surface area contributed by atoms with Crippen molar-refractivity contribution in [1.82, 2.24) is 0 Å². The lowest BCUT2D eigenvalue weighted by Crippen LogP contribution is -2.52. The van der Waals surface area contributed by atoms with Crippen LogP contribution >= 0.6 is 0 Å². The van der Waals surface area contributed by atoms with Gasteiger partial charge in [-0.25, -0.2) is 0 Å². The third kappa shape index (κ3) is 3.86. The van der Waals surface area contributed by atoms with Gasteiger partial charge in [0, 0.05) is 24.5 Å². The molecule has 0 aromatic heterocycles. The fraction of sp³-hybridized carbons (Fsp3) is 0.786. The number of ether oxygens (including phenoxy) is 1. The van der Waals surface area contributed by atoms with Gasteiger partial charge in [0.05, 0.1) is 12.2 Å². The summed E-state index contributed by atoms with van der Waals surface area (Å²) in [6.07, 6.45) is 11.3. The number of methoxy groups -OCH3 is 1. The minimum absolute atomic E-state index is 0.458. The Bertz CT molecular complexity index is 797. The van der Waals surface area contributed by atoms with E-state index in [2.05, 4.69) is 31.3 Å². The van der Waals surface area contributed by atoms with Crippen LogP contribution in [0.1, 0.15) is 71.6 Å². The van der Waals surface area contributed by atoms with Crippen LogP contribution in [0.5, 0.6) is 0 Å². The van der Waals surface area contributed by atoms with Crippen LogP contribution in [0.15, 0.2) is 24.3 Å². The Labute approximate surface area is 194 Å². The average Bonchev–Trinajstić information content (AvgIpc) is 3.12. The zero-order valence-electron chi connectivity index (χ0n) is 20.4. The average molecular weight is 441 g/mol. The number of benzene rings is 1. The normalized spacial score (nSPS) is 44.2. The Morgan fingerprint density at radius 2 is 1.78 bits per heavy atom. The first-order valence-electron chi connectivity index (χ1n) is 13.2. The second kappa shape index (κ2) is 8.51. The molecule has 4 N–H and O–H groups in total. The van der Waals surface area contributed by atoms with Crippen LogP contribution < -0.4 is 11.1 Å². The van der Waals surface area contributed by atoms with Gasteiger partial charge in [0.1, 0.15) is 0 Å². The van der Waals surface area contributed by atoms with Crippen molar-refractivity contribution in [2.24, 2.45) is 40.9 Å². The van der Waals surface area contributed by atoms with E-state index in [0.29, 0.717) is 24.0 Å². The van der Waals surface area contributed by atoms with Crippen molar-refractivity contribution in [3.8, 4) is 0 Å². The monoisotopic (exact) mass is 440 g/mol. The predicted octanol–water partition coefficient (Wildman–Crippen LogP) is 5.72. The molecule has 0 unspecified atom stereocenters. The Hall–Kier alpha value is -1.26. The number of fused-ring (bicyclic) bond motifs is 5. The molecule has 178 valence electrons. The number of nitrogens with one attached hydrogen (secondary N) is 1. The molecule has 4 aliphatic carbocycles. The Morgan fingerprint density at radius 1 is 1.03 bits per heavy atom. The summed E-state index contributed by atoms with van der Waals surface area (Å²) in [5.41, 5.74) is 7.78. The molecule has 0 saturated heterocycles. The van der Waals surface area contributed by atoms with E-state index in [1.165, 1.54) is 50.6 Å². The summed E-state index contributed by atoms with van der Waals surface area (Å²) >= 11 is 0.